The van der Waals surface area contributed by atoms with Crippen molar-refractivity contribution >= 4 is 17.5 Å². The number of halogens is 1. The van der Waals surface area contributed by atoms with Crippen molar-refractivity contribution in [2.45, 2.75) is 40.2 Å². The number of carbonyl (C=O) groups excluding carboxylic acids is 1. The average molecular weight is 381 g/mol. The number of nitrogens with one attached hydrogen (secondary N) is 1. The lowest BCUT2D eigenvalue weighted by atomic mass is 10.1. The summed E-state index contributed by atoms with van der Waals surface area (Å²) in [5.41, 5.74) is 5.85. The standard InChI is InChI=1S/C23H25ClN2O/c1-5-16(3)25-23(27)20-14-22(18-10-12-19(24)13-11-18)26(17(20)4)21-9-7-6-8-15(21)2/h6-14,16H,5H2,1-4H3,(H,25,27)/t16-/m0/s1. The number of amides is 1. The molecular weight excluding hydrogens is 356 g/mol. The molecule has 0 fully saturated rings. The number of nitrogens with zero attached hydrogens (tertiary/aromatic N) is 1. The van der Waals surface area contributed by atoms with Gasteiger partial charge >= 0.3 is 0 Å². The van der Waals surface area contributed by atoms with Crippen LogP contribution in [-0.2, 0) is 0 Å². The van der Waals surface area contributed by atoms with Crippen LogP contribution < -0.4 is 5.32 Å². The van der Waals surface area contributed by atoms with Crippen LogP contribution in [0, 0.1) is 13.8 Å². The molecule has 0 bridgehead atoms. The van der Waals surface area contributed by atoms with Crippen LogP contribution in [0.2, 0.25) is 5.02 Å². The molecule has 1 amide bonds. The largest absolute Gasteiger partial charge is 0.350 e. The van der Waals surface area contributed by atoms with Gasteiger partial charge in [0.2, 0.25) is 0 Å². The molecule has 0 aliphatic rings. The fraction of sp³-hybridized carbons (Fsp3) is 0.261. The number of hydrogen-bond donors (Lipinski definition) is 1. The summed E-state index contributed by atoms with van der Waals surface area (Å²) in [6, 6.07) is 18.0. The fourth-order valence-corrected chi connectivity index (χ4v) is 3.32. The van der Waals surface area contributed by atoms with Gasteiger partial charge in [-0.15, -0.1) is 0 Å². The minimum atomic E-state index is -0.0376. The summed E-state index contributed by atoms with van der Waals surface area (Å²) in [4.78, 5) is 12.9. The monoisotopic (exact) mass is 380 g/mol. The summed E-state index contributed by atoms with van der Waals surface area (Å²) in [7, 11) is 0. The first-order valence-electron chi connectivity index (χ1n) is 9.27. The second-order valence-electron chi connectivity index (χ2n) is 6.94. The van der Waals surface area contributed by atoms with Crippen LogP contribution in [0.5, 0.6) is 0 Å². The van der Waals surface area contributed by atoms with E-state index in [1.54, 1.807) is 0 Å². The quantitative estimate of drug-likeness (QED) is 0.583. The van der Waals surface area contributed by atoms with E-state index < -0.39 is 0 Å². The molecule has 27 heavy (non-hydrogen) atoms. The molecule has 1 heterocycles. The maximum atomic E-state index is 12.9. The van der Waals surface area contributed by atoms with E-state index in [4.69, 9.17) is 11.6 Å². The number of rotatable bonds is 5. The Hall–Kier alpha value is -2.52. The number of aryl methyl sites for hydroxylation is 1. The van der Waals surface area contributed by atoms with E-state index in [1.165, 1.54) is 0 Å². The molecule has 3 rings (SSSR count). The molecule has 0 aliphatic heterocycles. The first kappa shape index (κ1) is 19.2. The van der Waals surface area contributed by atoms with E-state index in [-0.39, 0.29) is 11.9 Å². The smallest absolute Gasteiger partial charge is 0.253 e. The zero-order chi connectivity index (χ0) is 19.6. The van der Waals surface area contributed by atoms with Crippen LogP contribution in [0.1, 0.15) is 41.9 Å². The van der Waals surface area contributed by atoms with Crippen molar-refractivity contribution in [2.24, 2.45) is 0 Å². The van der Waals surface area contributed by atoms with Gasteiger partial charge in [-0.3, -0.25) is 4.79 Å². The Morgan fingerprint density at radius 3 is 2.41 bits per heavy atom. The second-order valence-corrected chi connectivity index (χ2v) is 7.38. The Morgan fingerprint density at radius 1 is 1.11 bits per heavy atom. The molecule has 1 aromatic heterocycles. The van der Waals surface area contributed by atoms with Crippen LogP contribution in [0.15, 0.2) is 54.6 Å². The van der Waals surface area contributed by atoms with Crippen molar-refractivity contribution in [2.75, 3.05) is 0 Å². The predicted octanol–water partition coefficient (Wildman–Crippen LogP) is 5.94. The van der Waals surface area contributed by atoms with Crippen molar-refractivity contribution in [3.63, 3.8) is 0 Å². The number of hydrogen-bond acceptors (Lipinski definition) is 1. The van der Waals surface area contributed by atoms with Gasteiger partial charge in [0.25, 0.3) is 5.91 Å². The Morgan fingerprint density at radius 2 is 1.78 bits per heavy atom. The van der Waals surface area contributed by atoms with E-state index in [0.717, 1.165) is 34.6 Å². The minimum Gasteiger partial charge on any atom is -0.350 e. The van der Waals surface area contributed by atoms with E-state index in [9.17, 15) is 4.79 Å². The summed E-state index contributed by atoms with van der Waals surface area (Å²) in [6.45, 7) is 8.16. The minimum absolute atomic E-state index is 0.0376. The van der Waals surface area contributed by atoms with Gasteiger partial charge in [0.1, 0.15) is 0 Å². The summed E-state index contributed by atoms with van der Waals surface area (Å²) in [5.74, 6) is -0.0376. The van der Waals surface area contributed by atoms with E-state index in [0.29, 0.717) is 10.6 Å². The maximum absolute atomic E-state index is 12.9. The zero-order valence-electron chi connectivity index (χ0n) is 16.2. The molecule has 3 aromatic rings. The highest BCUT2D eigenvalue weighted by atomic mass is 35.5. The summed E-state index contributed by atoms with van der Waals surface area (Å²) >= 11 is 6.07. The third-order valence-electron chi connectivity index (χ3n) is 4.98. The number of benzene rings is 2. The molecule has 2 aromatic carbocycles. The SMILES string of the molecule is CC[C@H](C)NC(=O)c1cc(-c2ccc(Cl)cc2)n(-c2ccccc2C)c1C. The van der Waals surface area contributed by atoms with E-state index in [2.05, 4.69) is 35.9 Å². The molecule has 3 nitrogen and oxygen atoms in total. The summed E-state index contributed by atoms with van der Waals surface area (Å²) in [5, 5.41) is 3.77. The Kier molecular flexibility index (Phi) is 5.71. The van der Waals surface area contributed by atoms with E-state index >= 15 is 0 Å². The molecule has 140 valence electrons. The molecule has 0 unspecified atom stereocenters. The molecule has 0 radical (unpaired) electrons. The average Bonchev–Trinajstić information content (AvgIpc) is 3.00. The zero-order valence-corrected chi connectivity index (χ0v) is 17.0. The van der Waals surface area contributed by atoms with Gasteiger partial charge in [-0.2, -0.15) is 0 Å². The molecule has 0 saturated carbocycles. The third-order valence-corrected chi connectivity index (χ3v) is 5.23. The van der Waals surface area contributed by atoms with Gasteiger partial charge in [0.15, 0.2) is 0 Å². The lowest BCUT2D eigenvalue weighted by Crippen LogP contribution is -2.32. The van der Waals surface area contributed by atoms with Gasteiger partial charge in [-0.05, 0) is 62.6 Å². The normalized spacial score (nSPS) is 12.0. The predicted molar refractivity (Wildman–Crippen MR) is 113 cm³/mol. The second kappa shape index (κ2) is 8.01. The van der Waals surface area contributed by atoms with Crippen LogP contribution in [0.3, 0.4) is 0 Å². The number of aromatic nitrogens is 1. The van der Waals surface area contributed by atoms with Crippen molar-refractivity contribution in [3.8, 4) is 16.9 Å². The van der Waals surface area contributed by atoms with Crippen LogP contribution >= 0.6 is 11.6 Å². The third kappa shape index (κ3) is 3.93. The van der Waals surface area contributed by atoms with Crippen molar-refractivity contribution in [1.29, 1.82) is 0 Å². The maximum Gasteiger partial charge on any atom is 0.253 e. The van der Waals surface area contributed by atoms with Crippen molar-refractivity contribution in [3.05, 3.63) is 76.4 Å². The van der Waals surface area contributed by atoms with Gasteiger partial charge < -0.3 is 9.88 Å². The Balaban J connectivity index is 2.19. The number of para-hydroxylation sites is 1. The van der Waals surface area contributed by atoms with Gasteiger partial charge in [-0.1, -0.05) is 48.9 Å². The lowest BCUT2D eigenvalue weighted by molar-refractivity contribution is 0.0938. The van der Waals surface area contributed by atoms with Crippen LogP contribution in [0.4, 0.5) is 0 Å². The van der Waals surface area contributed by atoms with Crippen LogP contribution in [-0.4, -0.2) is 16.5 Å². The summed E-state index contributed by atoms with van der Waals surface area (Å²) in [6.07, 6.45) is 0.896. The molecule has 1 N–H and O–H groups in total. The fourth-order valence-electron chi connectivity index (χ4n) is 3.20. The Bertz CT molecular complexity index is 957. The molecule has 0 saturated heterocycles. The van der Waals surface area contributed by atoms with Crippen molar-refractivity contribution < 1.29 is 4.79 Å². The molecule has 0 aliphatic carbocycles. The summed E-state index contributed by atoms with van der Waals surface area (Å²) < 4.78 is 2.16. The van der Waals surface area contributed by atoms with Gasteiger partial charge in [0, 0.05) is 22.4 Å². The number of carbonyl (C=O) groups is 1. The first-order chi connectivity index (χ1) is 12.9. The van der Waals surface area contributed by atoms with Crippen LogP contribution in [0.25, 0.3) is 16.9 Å². The highest BCUT2D eigenvalue weighted by Crippen LogP contribution is 2.31. The van der Waals surface area contributed by atoms with Gasteiger partial charge in [0.05, 0.1) is 11.3 Å². The molecule has 4 heteroatoms. The molecule has 0 spiro atoms. The highest BCUT2D eigenvalue weighted by Gasteiger charge is 2.21. The van der Waals surface area contributed by atoms with Gasteiger partial charge in [-0.25, -0.2) is 0 Å². The molecular formula is C23H25ClN2O. The highest BCUT2D eigenvalue weighted by molar-refractivity contribution is 6.30. The van der Waals surface area contributed by atoms with Crippen molar-refractivity contribution in [1.82, 2.24) is 9.88 Å². The lowest BCUT2D eigenvalue weighted by Gasteiger charge is -2.15. The van der Waals surface area contributed by atoms with E-state index in [1.807, 2.05) is 56.3 Å². The molecule has 1 atom stereocenters. The topological polar surface area (TPSA) is 34.0 Å². The first-order valence-corrected chi connectivity index (χ1v) is 9.65. The Labute approximate surface area is 166 Å².